The van der Waals surface area contributed by atoms with E-state index in [1.807, 2.05) is 13.8 Å². The number of hydrogen-bond donors (Lipinski definition) is 2. The maximum Gasteiger partial charge on any atom is 0.317 e. The van der Waals surface area contributed by atoms with E-state index in [4.69, 9.17) is 4.74 Å². The molecule has 0 aromatic heterocycles. The lowest BCUT2D eigenvalue weighted by Crippen LogP contribution is -2.56. The Hall–Kier alpha value is -1.30. The second kappa shape index (κ2) is 5.77. The van der Waals surface area contributed by atoms with E-state index in [0.717, 1.165) is 0 Å². The molecule has 0 saturated carbocycles. The van der Waals surface area contributed by atoms with E-state index < -0.39 is 16.9 Å². The molecule has 0 bridgehead atoms. The van der Waals surface area contributed by atoms with Crippen molar-refractivity contribution >= 4 is 12.0 Å². The number of amides is 2. The van der Waals surface area contributed by atoms with Crippen LogP contribution in [-0.4, -0.2) is 54.4 Å². The van der Waals surface area contributed by atoms with Crippen molar-refractivity contribution in [2.45, 2.75) is 39.2 Å². The van der Waals surface area contributed by atoms with Gasteiger partial charge in [-0.3, -0.25) is 4.79 Å². The van der Waals surface area contributed by atoms with Crippen LogP contribution >= 0.6 is 0 Å². The van der Waals surface area contributed by atoms with Gasteiger partial charge in [-0.15, -0.1) is 0 Å². The molecule has 1 aliphatic heterocycles. The second-order valence-corrected chi connectivity index (χ2v) is 6.14. The third kappa shape index (κ3) is 4.09. The summed E-state index contributed by atoms with van der Waals surface area (Å²) in [6, 6.07) is -0.228. The van der Waals surface area contributed by atoms with Gasteiger partial charge in [-0.25, -0.2) is 4.79 Å². The zero-order valence-corrected chi connectivity index (χ0v) is 12.2. The van der Waals surface area contributed by atoms with Gasteiger partial charge in [0, 0.05) is 20.2 Å². The lowest BCUT2D eigenvalue weighted by Gasteiger charge is -2.39. The first kappa shape index (κ1) is 15.8. The summed E-state index contributed by atoms with van der Waals surface area (Å²) in [4.78, 5) is 25.0. The molecule has 6 heteroatoms. The Balaban J connectivity index is 2.65. The van der Waals surface area contributed by atoms with Gasteiger partial charge in [0.25, 0.3) is 0 Å². The van der Waals surface area contributed by atoms with Crippen molar-refractivity contribution in [1.82, 2.24) is 10.2 Å². The lowest BCUT2D eigenvalue weighted by molar-refractivity contribution is -0.150. The molecular weight excluding hydrogens is 248 g/mol. The third-order valence-electron chi connectivity index (χ3n) is 3.45. The normalized spacial score (nSPS) is 24.1. The van der Waals surface area contributed by atoms with Crippen molar-refractivity contribution in [3.05, 3.63) is 0 Å². The fourth-order valence-electron chi connectivity index (χ4n) is 2.35. The van der Waals surface area contributed by atoms with Gasteiger partial charge in [0.2, 0.25) is 0 Å². The quantitative estimate of drug-likeness (QED) is 0.808. The summed E-state index contributed by atoms with van der Waals surface area (Å²) < 4.78 is 5.05. The van der Waals surface area contributed by atoms with Gasteiger partial charge in [-0.2, -0.15) is 0 Å². The SMILES string of the molecule is COCC(C)(C)NC(=O)N1CCCC(C)(C(=O)O)C1. The van der Waals surface area contributed by atoms with Gasteiger partial charge < -0.3 is 20.1 Å². The summed E-state index contributed by atoms with van der Waals surface area (Å²) in [6.45, 7) is 6.68. The first-order valence-corrected chi connectivity index (χ1v) is 6.50. The second-order valence-electron chi connectivity index (χ2n) is 6.14. The van der Waals surface area contributed by atoms with E-state index in [1.54, 1.807) is 18.9 Å². The van der Waals surface area contributed by atoms with Crippen LogP contribution in [0.4, 0.5) is 4.79 Å². The van der Waals surface area contributed by atoms with Crippen LogP contribution in [0, 0.1) is 5.41 Å². The number of piperidine rings is 1. The van der Waals surface area contributed by atoms with E-state index in [2.05, 4.69) is 5.32 Å². The number of rotatable bonds is 4. The van der Waals surface area contributed by atoms with Crippen LogP contribution in [0.2, 0.25) is 0 Å². The number of likely N-dealkylation sites (tertiary alicyclic amines) is 1. The molecule has 0 radical (unpaired) electrons. The van der Waals surface area contributed by atoms with Crippen LogP contribution in [0.25, 0.3) is 0 Å². The number of carbonyl (C=O) groups is 2. The minimum Gasteiger partial charge on any atom is -0.481 e. The molecule has 2 N–H and O–H groups in total. The van der Waals surface area contributed by atoms with Crippen molar-refractivity contribution in [3.63, 3.8) is 0 Å². The van der Waals surface area contributed by atoms with E-state index in [0.29, 0.717) is 26.0 Å². The number of carboxylic acid groups (broad SMARTS) is 1. The Bertz CT molecular complexity index is 357. The maximum atomic E-state index is 12.2. The molecule has 2 amide bonds. The predicted octanol–water partition coefficient (Wildman–Crippen LogP) is 1.31. The highest BCUT2D eigenvalue weighted by Crippen LogP contribution is 2.29. The molecule has 1 atom stereocenters. The van der Waals surface area contributed by atoms with E-state index >= 15 is 0 Å². The van der Waals surface area contributed by atoms with Crippen molar-refractivity contribution in [2.75, 3.05) is 26.8 Å². The lowest BCUT2D eigenvalue weighted by atomic mass is 9.82. The van der Waals surface area contributed by atoms with E-state index in [-0.39, 0.29) is 12.6 Å². The fourth-order valence-corrected chi connectivity index (χ4v) is 2.35. The molecular formula is C13H24N2O4. The third-order valence-corrected chi connectivity index (χ3v) is 3.45. The summed E-state index contributed by atoms with van der Waals surface area (Å²) in [6.07, 6.45) is 1.31. The highest BCUT2D eigenvalue weighted by Gasteiger charge is 2.40. The Morgan fingerprint density at radius 1 is 1.47 bits per heavy atom. The zero-order valence-electron chi connectivity index (χ0n) is 12.2. The van der Waals surface area contributed by atoms with Crippen molar-refractivity contribution < 1.29 is 19.4 Å². The van der Waals surface area contributed by atoms with Crippen LogP contribution in [-0.2, 0) is 9.53 Å². The van der Waals surface area contributed by atoms with Crippen LogP contribution in [0.15, 0.2) is 0 Å². The molecule has 1 saturated heterocycles. The summed E-state index contributed by atoms with van der Waals surface area (Å²) in [5.41, 5.74) is -1.32. The Morgan fingerprint density at radius 2 is 2.11 bits per heavy atom. The number of carboxylic acids is 1. The number of carbonyl (C=O) groups excluding carboxylic acids is 1. The van der Waals surface area contributed by atoms with Crippen LogP contribution in [0.1, 0.15) is 33.6 Å². The smallest absolute Gasteiger partial charge is 0.317 e. The van der Waals surface area contributed by atoms with Crippen molar-refractivity contribution in [2.24, 2.45) is 5.41 Å². The van der Waals surface area contributed by atoms with Gasteiger partial charge in [0.15, 0.2) is 0 Å². The highest BCUT2D eigenvalue weighted by molar-refractivity contribution is 5.78. The summed E-state index contributed by atoms with van der Waals surface area (Å²) in [7, 11) is 1.58. The zero-order chi connectivity index (χ0) is 14.7. The number of methoxy groups -OCH3 is 1. The van der Waals surface area contributed by atoms with E-state index in [1.165, 1.54) is 0 Å². The molecule has 1 heterocycles. The summed E-state index contributed by atoms with van der Waals surface area (Å²) in [5.74, 6) is -0.846. The summed E-state index contributed by atoms with van der Waals surface area (Å²) >= 11 is 0. The van der Waals surface area contributed by atoms with E-state index in [9.17, 15) is 14.7 Å². The molecule has 6 nitrogen and oxygen atoms in total. The number of hydrogen-bond acceptors (Lipinski definition) is 3. The molecule has 1 fully saturated rings. The minimum atomic E-state index is -0.846. The van der Waals surface area contributed by atoms with Gasteiger partial charge in [-0.05, 0) is 33.6 Å². The average Bonchev–Trinajstić information content (AvgIpc) is 2.28. The molecule has 0 aromatic carbocycles. The van der Waals surface area contributed by atoms with Crippen LogP contribution in [0.3, 0.4) is 0 Å². The minimum absolute atomic E-state index is 0.228. The molecule has 1 rings (SSSR count). The molecule has 0 aliphatic carbocycles. The first-order valence-electron chi connectivity index (χ1n) is 6.50. The number of nitrogens with zero attached hydrogens (tertiary/aromatic N) is 1. The van der Waals surface area contributed by atoms with Crippen LogP contribution in [0.5, 0.6) is 0 Å². The fraction of sp³-hybridized carbons (Fsp3) is 0.846. The highest BCUT2D eigenvalue weighted by atomic mass is 16.5. The standard InChI is InChI=1S/C13H24N2O4/c1-12(2,9-19-4)14-11(18)15-7-5-6-13(3,8-15)10(16)17/h5-9H2,1-4H3,(H,14,18)(H,16,17). The number of nitrogens with one attached hydrogen (secondary N) is 1. The largest absolute Gasteiger partial charge is 0.481 e. The molecule has 1 unspecified atom stereocenters. The topological polar surface area (TPSA) is 78.9 Å². The van der Waals surface area contributed by atoms with Gasteiger partial charge in [0.05, 0.1) is 17.6 Å². The molecule has 19 heavy (non-hydrogen) atoms. The van der Waals surface area contributed by atoms with Gasteiger partial charge in [0.1, 0.15) is 0 Å². The molecule has 0 spiro atoms. The first-order chi connectivity index (χ1) is 8.70. The summed E-state index contributed by atoms with van der Waals surface area (Å²) in [5, 5.41) is 12.1. The molecule has 1 aliphatic rings. The maximum absolute atomic E-state index is 12.2. The monoisotopic (exact) mass is 272 g/mol. The number of ether oxygens (including phenoxy) is 1. The van der Waals surface area contributed by atoms with Crippen molar-refractivity contribution in [1.29, 1.82) is 0 Å². The van der Waals surface area contributed by atoms with Gasteiger partial charge in [-0.1, -0.05) is 0 Å². The van der Waals surface area contributed by atoms with Gasteiger partial charge >= 0.3 is 12.0 Å². The molecule has 110 valence electrons. The van der Waals surface area contributed by atoms with Crippen LogP contribution < -0.4 is 5.32 Å². The number of urea groups is 1. The Kier molecular flexibility index (Phi) is 4.79. The van der Waals surface area contributed by atoms with Crippen molar-refractivity contribution in [3.8, 4) is 0 Å². The Morgan fingerprint density at radius 3 is 2.63 bits per heavy atom. The number of aliphatic carboxylic acids is 1. The average molecular weight is 272 g/mol. The Labute approximate surface area is 114 Å². The molecule has 0 aromatic rings. The predicted molar refractivity (Wildman–Crippen MR) is 71.0 cm³/mol.